The lowest BCUT2D eigenvalue weighted by molar-refractivity contribution is -0.496. The molecule has 1 atom stereocenters. The molecule has 7 nitrogen and oxygen atoms in total. The summed E-state index contributed by atoms with van der Waals surface area (Å²) in [6.45, 7) is 1.70. The highest BCUT2D eigenvalue weighted by atomic mass is 31.2. The smallest absolute Gasteiger partial charge is 0.368 e. The van der Waals surface area contributed by atoms with Crippen LogP contribution in [0.2, 0.25) is 0 Å². The molecule has 0 fully saturated rings. The van der Waals surface area contributed by atoms with Crippen LogP contribution in [-0.2, 0) is 19.0 Å². The number of hydrogen-bond donors (Lipinski definition) is 1. The summed E-state index contributed by atoms with van der Waals surface area (Å²) in [7, 11) is -4.29. The molecule has 118 valence electrons. The molecule has 0 aromatic heterocycles. The van der Waals surface area contributed by atoms with Crippen LogP contribution in [0.5, 0.6) is 0 Å². The second-order valence-electron chi connectivity index (χ2n) is 4.15. The molecule has 1 unspecified atom stereocenters. The second-order valence-corrected chi connectivity index (χ2v) is 6.40. The molecule has 0 spiro atoms. The monoisotopic (exact) mass is 321 g/mol. The molecule has 0 bridgehead atoms. The number of aliphatic hydroxyl groups is 1. The summed E-state index contributed by atoms with van der Waals surface area (Å²) in [5.74, 6) is -0.728. The number of hydrogen-bond acceptors (Lipinski definition) is 6. The number of nitrogens with zero attached hydrogens (tertiary/aromatic N) is 1. The summed E-state index contributed by atoms with van der Waals surface area (Å²) in [5, 5.41) is 18.9. The van der Waals surface area contributed by atoms with Crippen molar-refractivity contribution < 1.29 is 28.0 Å². The predicted molar refractivity (Wildman–Crippen MR) is 73.0 cm³/mol. The van der Waals surface area contributed by atoms with Crippen LogP contribution in [0.25, 0.3) is 0 Å². The first kappa shape index (κ1) is 17.7. The maximum Gasteiger partial charge on any atom is 0.373 e. The SMILES string of the molecule is CCOP(=O)(OCC)C(O)(C[N+](=O)[O-])c1cccc(F)c1. The zero-order chi connectivity index (χ0) is 16.1. The first-order valence-corrected chi connectivity index (χ1v) is 7.82. The Balaban J connectivity index is 3.43. The molecule has 0 radical (unpaired) electrons. The van der Waals surface area contributed by atoms with Crippen LogP contribution in [-0.4, -0.2) is 29.8 Å². The van der Waals surface area contributed by atoms with E-state index in [2.05, 4.69) is 0 Å². The van der Waals surface area contributed by atoms with Crippen molar-refractivity contribution in [2.24, 2.45) is 0 Å². The first-order chi connectivity index (χ1) is 9.79. The zero-order valence-corrected chi connectivity index (χ0v) is 12.6. The van der Waals surface area contributed by atoms with Crippen LogP contribution in [0.3, 0.4) is 0 Å². The summed E-state index contributed by atoms with van der Waals surface area (Å²) in [5.41, 5.74) is -0.232. The summed E-state index contributed by atoms with van der Waals surface area (Å²) in [6, 6.07) is 4.45. The molecule has 0 aliphatic carbocycles. The largest absolute Gasteiger partial charge is 0.373 e. The van der Waals surface area contributed by atoms with Gasteiger partial charge in [0.25, 0.3) is 5.34 Å². The molecule has 1 aromatic rings. The molecule has 9 heteroatoms. The maximum atomic E-state index is 13.3. The van der Waals surface area contributed by atoms with Crippen LogP contribution in [0, 0.1) is 15.9 Å². The maximum absolute atomic E-state index is 13.3. The van der Waals surface area contributed by atoms with E-state index in [1.54, 1.807) is 0 Å². The summed E-state index contributed by atoms with van der Waals surface area (Å²) < 4.78 is 36.1. The van der Waals surface area contributed by atoms with E-state index < -0.39 is 30.2 Å². The van der Waals surface area contributed by atoms with Gasteiger partial charge in [-0.3, -0.25) is 14.7 Å². The fourth-order valence-electron chi connectivity index (χ4n) is 1.84. The van der Waals surface area contributed by atoms with E-state index in [0.29, 0.717) is 0 Å². The molecule has 0 saturated carbocycles. The van der Waals surface area contributed by atoms with Gasteiger partial charge in [0.05, 0.1) is 13.2 Å². The van der Waals surface area contributed by atoms with Crippen molar-refractivity contribution in [2.75, 3.05) is 19.8 Å². The van der Waals surface area contributed by atoms with E-state index in [9.17, 15) is 24.2 Å². The average Bonchev–Trinajstić information content (AvgIpc) is 2.38. The van der Waals surface area contributed by atoms with Gasteiger partial charge in [0, 0.05) is 10.5 Å². The molecule has 1 aromatic carbocycles. The molecule has 0 aliphatic rings. The van der Waals surface area contributed by atoms with E-state index in [0.717, 1.165) is 12.1 Å². The quantitative estimate of drug-likeness (QED) is 0.449. The zero-order valence-electron chi connectivity index (χ0n) is 11.7. The van der Waals surface area contributed by atoms with Gasteiger partial charge in [0.15, 0.2) is 0 Å². The van der Waals surface area contributed by atoms with Crippen molar-refractivity contribution in [1.82, 2.24) is 0 Å². The van der Waals surface area contributed by atoms with Crippen LogP contribution >= 0.6 is 7.60 Å². The fourth-order valence-corrected chi connectivity index (χ4v) is 3.77. The lowest BCUT2D eigenvalue weighted by Crippen LogP contribution is -2.36. The second kappa shape index (κ2) is 7.09. The van der Waals surface area contributed by atoms with Gasteiger partial charge in [0.2, 0.25) is 6.54 Å². The summed E-state index contributed by atoms with van der Waals surface area (Å²) >= 11 is 0. The van der Waals surface area contributed by atoms with Crippen molar-refractivity contribution >= 4 is 7.60 Å². The molecule has 0 saturated heterocycles. The lowest BCUT2D eigenvalue weighted by Gasteiger charge is -2.31. The molecular formula is C12H17FNO6P. The van der Waals surface area contributed by atoms with E-state index in [1.165, 1.54) is 26.0 Å². The minimum Gasteiger partial charge on any atom is -0.368 e. The highest BCUT2D eigenvalue weighted by Crippen LogP contribution is 2.63. The third-order valence-corrected chi connectivity index (χ3v) is 5.19. The van der Waals surface area contributed by atoms with E-state index in [1.807, 2.05) is 0 Å². The van der Waals surface area contributed by atoms with Crippen LogP contribution in [0.1, 0.15) is 19.4 Å². The van der Waals surface area contributed by atoms with Gasteiger partial charge >= 0.3 is 7.60 Å². The highest BCUT2D eigenvalue weighted by Gasteiger charge is 2.55. The van der Waals surface area contributed by atoms with E-state index in [-0.39, 0.29) is 18.8 Å². The normalized spacial score (nSPS) is 14.7. The Morgan fingerprint density at radius 1 is 1.38 bits per heavy atom. The Bertz CT molecular complexity index is 544. The average molecular weight is 321 g/mol. The van der Waals surface area contributed by atoms with Crippen molar-refractivity contribution in [3.8, 4) is 0 Å². The Morgan fingerprint density at radius 3 is 2.38 bits per heavy atom. The molecule has 1 rings (SSSR count). The van der Waals surface area contributed by atoms with Crippen molar-refractivity contribution in [3.05, 3.63) is 45.8 Å². The summed E-state index contributed by atoms with van der Waals surface area (Å²) in [4.78, 5) is 10.00. The number of rotatable bonds is 8. The minimum atomic E-state index is -4.29. The Kier molecular flexibility index (Phi) is 5.98. The molecule has 0 amide bonds. The topological polar surface area (TPSA) is 98.9 Å². The predicted octanol–water partition coefficient (Wildman–Crippen LogP) is 2.51. The fraction of sp³-hybridized carbons (Fsp3) is 0.500. The van der Waals surface area contributed by atoms with Gasteiger partial charge in [-0.15, -0.1) is 0 Å². The number of halogens is 1. The molecule has 1 N–H and O–H groups in total. The van der Waals surface area contributed by atoms with Crippen molar-refractivity contribution in [2.45, 2.75) is 19.2 Å². The van der Waals surface area contributed by atoms with Crippen LogP contribution < -0.4 is 0 Å². The van der Waals surface area contributed by atoms with Crippen LogP contribution in [0.15, 0.2) is 24.3 Å². The molecule has 0 aliphatic heterocycles. The summed E-state index contributed by atoms with van der Waals surface area (Å²) in [6.07, 6.45) is 0. The highest BCUT2D eigenvalue weighted by molar-refractivity contribution is 7.55. The van der Waals surface area contributed by atoms with E-state index in [4.69, 9.17) is 9.05 Å². The molecule has 0 heterocycles. The molecule has 21 heavy (non-hydrogen) atoms. The minimum absolute atomic E-state index is 0.0907. The van der Waals surface area contributed by atoms with Gasteiger partial charge in [-0.1, -0.05) is 12.1 Å². The Morgan fingerprint density at radius 2 is 1.95 bits per heavy atom. The van der Waals surface area contributed by atoms with Gasteiger partial charge < -0.3 is 14.2 Å². The van der Waals surface area contributed by atoms with Gasteiger partial charge in [-0.05, 0) is 26.0 Å². The number of nitro groups is 1. The van der Waals surface area contributed by atoms with Gasteiger partial charge in [0.1, 0.15) is 5.82 Å². The standard InChI is InChI=1S/C12H17FNO6P/c1-3-19-21(18,20-4-2)12(15,9-14(16)17)10-6-5-7-11(13)8-10/h5-8,15H,3-4,9H2,1-2H3. The lowest BCUT2D eigenvalue weighted by atomic mass is 10.1. The van der Waals surface area contributed by atoms with Gasteiger partial charge in [-0.2, -0.15) is 0 Å². The van der Waals surface area contributed by atoms with Crippen molar-refractivity contribution in [1.29, 1.82) is 0 Å². The third-order valence-electron chi connectivity index (χ3n) is 2.69. The Labute approximate surface area is 121 Å². The van der Waals surface area contributed by atoms with E-state index >= 15 is 0 Å². The van der Waals surface area contributed by atoms with Gasteiger partial charge in [-0.25, -0.2) is 4.39 Å². The Hall–Kier alpha value is -1.34. The van der Waals surface area contributed by atoms with Crippen LogP contribution in [0.4, 0.5) is 4.39 Å². The first-order valence-electron chi connectivity index (χ1n) is 6.28. The molecular weight excluding hydrogens is 304 g/mol. The third kappa shape index (κ3) is 3.85. The van der Waals surface area contributed by atoms with Crippen molar-refractivity contribution in [3.63, 3.8) is 0 Å². The number of benzene rings is 1.